The van der Waals surface area contributed by atoms with Gasteiger partial charge in [-0.15, -0.1) is 11.3 Å². The van der Waals surface area contributed by atoms with Crippen molar-refractivity contribution in [3.05, 3.63) is 16.1 Å². The minimum atomic E-state index is 0.463. The van der Waals surface area contributed by atoms with Gasteiger partial charge in [0.2, 0.25) is 0 Å². The Hall–Kier alpha value is -0.450. The lowest BCUT2D eigenvalue weighted by Gasteiger charge is -2.37. The van der Waals surface area contributed by atoms with Crippen LogP contribution in [0.2, 0.25) is 0 Å². The molecule has 17 heavy (non-hydrogen) atoms. The van der Waals surface area contributed by atoms with E-state index < -0.39 is 0 Å². The number of nitrogens with zero attached hydrogens (tertiary/aromatic N) is 1. The van der Waals surface area contributed by atoms with Crippen LogP contribution in [0.25, 0.3) is 0 Å². The third kappa shape index (κ3) is 3.50. The summed E-state index contributed by atoms with van der Waals surface area (Å²) < 4.78 is 0. The Morgan fingerprint density at radius 3 is 3.06 bits per heavy atom. The number of nitrogens with one attached hydrogen (secondary N) is 2. The van der Waals surface area contributed by atoms with Crippen LogP contribution >= 0.6 is 11.3 Å². The van der Waals surface area contributed by atoms with E-state index in [9.17, 15) is 0 Å². The van der Waals surface area contributed by atoms with Crippen LogP contribution in [0.3, 0.4) is 0 Å². The van der Waals surface area contributed by atoms with Crippen molar-refractivity contribution >= 4 is 11.3 Å². The Balaban J connectivity index is 1.79. The highest BCUT2D eigenvalue weighted by Gasteiger charge is 2.29. The molecule has 1 aromatic rings. The predicted octanol–water partition coefficient (Wildman–Crippen LogP) is 2.32. The molecule has 1 aliphatic rings. The van der Waals surface area contributed by atoms with E-state index >= 15 is 0 Å². The average Bonchev–Trinajstić information content (AvgIpc) is 2.76. The molecule has 3 nitrogen and oxygen atoms in total. The van der Waals surface area contributed by atoms with Gasteiger partial charge < -0.3 is 10.6 Å². The molecular weight excluding hydrogens is 230 g/mol. The van der Waals surface area contributed by atoms with Crippen LogP contribution in [0.5, 0.6) is 0 Å². The molecule has 0 spiro atoms. The molecule has 2 N–H and O–H groups in total. The zero-order valence-corrected chi connectivity index (χ0v) is 11.7. The van der Waals surface area contributed by atoms with E-state index in [0.717, 1.165) is 25.3 Å². The molecule has 1 atom stereocenters. The van der Waals surface area contributed by atoms with Crippen LogP contribution in [0.1, 0.15) is 36.9 Å². The van der Waals surface area contributed by atoms with Gasteiger partial charge in [0.05, 0.1) is 0 Å². The predicted molar refractivity (Wildman–Crippen MR) is 73.4 cm³/mol. The Kier molecular flexibility index (Phi) is 4.54. The second-order valence-corrected chi connectivity index (χ2v) is 6.06. The Morgan fingerprint density at radius 1 is 1.59 bits per heavy atom. The third-order valence-corrected chi connectivity index (χ3v) is 4.72. The largest absolute Gasteiger partial charge is 0.316 e. The van der Waals surface area contributed by atoms with Crippen molar-refractivity contribution in [2.24, 2.45) is 5.41 Å². The molecule has 4 heteroatoms. The second kappa shape index (κ2) is 5.94. The van der Waals surface area contributed by atoms with Crippen molar-refractivity contribution in [3.63, 3.8) is 0 Å². The summed E-state index contributed by atoms with van der Waals surface area (Å²) in [6.07, 6.45) is 3.91. The second-order valence-electron chi connectivity index (χ2n) is 5.12. The number of piperidine rings is 1. The Labute approximate surface area is 108 Å². The minimum Gasteiger partial charge on any atom is -0.316 e. The fourth-order valence-electron chi connectivity index (χ4n) is 2.53. The van der Waals surface area contributed by atoms with E-state index in [2.05, 4.69) is 34.8 Å². The maximum Gasteiger partial charge on any atom is 0.107 e. The van der Waals surface area contributed by atoms with Crippen molar-refractivity contribution in [3.8, 4) is 0 Å². The highest BCUT2D eigenvalue weighted by molar-refractivity contribution is 7.09. The average molecular weight is 253 g/mol. The first-order chi connectivity index (χ1) is 8.24. The fraction of sp³-hybridized carbons (Fsp3) is 0.769. The van der Waals surface area contributed by atoms with E-state index in [4.69, 9.17) is 0 Å². The van der Waals surface area contributed by atoms with Crippen molar-refractivity contribution in [1.29, 1.82) is 0 Å². The lowest BCUT2D eigenvalue weighted by molar-refractivity contribution is 0.192. The molecule has 0 bridgehead atoms. The van der Waals surface area contributed by atoms with Crippen molar-refractivity contribution in [1.82, 2.24) is 15.6 Å². The summed E-state index contributed by atoms with van der Waals surface area (Å²) in [5.74, 6) is 0. The quantitative estimate of drug-likeness (QED) is 0.845. The summed E-state index contributed by atoms with van der Waals surface area (Å²) in [5.41, 5.74) is 1.60. The van der Waals surface area contributed by atoms with Gasteiger partial charge in [-0.05, 0) is 38.1 Å². The van der Waals surface area contributed by atoms with Gasteiger partial charge in [0.1, 0.15) is 5.01 Å². The van der Waals surface area contributed by atoms with Crippen LogP contribution in [0, 0.1) is 12.3 Å². The number of hydrogen-bond donors (Lipinski definition) is 2. The van der Waals surface area contributed by atoms with Crippen LogP contribution in [-0.4, -0.2) is 24.6 Å². The van der Waals surface area contributed by atoms with Gasteiger partial charge in [-0.1, -0.05) is 6.92 Å². The number of aryl methyl sites for hydroxylation is 1. The summed E-state index contributed by atoms with van der Waals surface area (Å²) in [4.78, 5) is 4.48. The van der Waals surface area contributed by atoms with Gasteiger partial charge in [-0.2, -0.15) is 0 Å². The lowest BCUT2D eigenvalue weighted by Crippen LogP contribution is -2.45. The molecule has 0 radical (unpaired) electrons. The third-order valence-electron chi connectivity index (χ3n) is 3.75. The first-order valence-electron chi connectivity index (χ1n) is 6.56. The summed E-state index contributed by atoms with van der Waals surface area (Å²) in [6.45, 7) is 8.73. The van der Waals surface area contributed by atoms with E-state index in [-0.39, 0.29) is 0 Å². The summed E-state index contributed by atoms with van der Waals surface area (Å²) in [6, 6.07) is 0. The molecule has 0 amide bonds. The molecule has 1 aliphatic heterocycles. The molecule has 1 fully saturated rings. The monoisotopic (exact) mass is 253 g/mol. The lowest BCUT2D eigenvalue weighted by atomic mass is 9.78. The van der Waals surface area contributed by atoms with E-state index in [1.54, 1.807) is 11.3 Å². The standard InChI is InChI=1S/C13H23N3S/c1-3-13(5-4-6-14-9-13)10-15-7-12-16-11(2)8-17-12/h8,14-15H,3-7,9-10H2,1-2H3. The number of aromatic nitrogens is 1. The molecule has 96 valence electrons. The van der Waals surface area contributed by atoms with Gasteiger partial charge in [-0.25, -0.2) is 4.98 Å². The number of rotatable bonds is 5. The minimum absolute atomic E-state index is 0.463. The Morgan fingerprint density at radius 2 is 2.47 bits per heavy atom. The van der Waals surface area contributed by atoms with Gasteiger partial charge >= 0.3 is 0 Å². The molecule has 1 saturated heterocycles. The normalized spacial score (nSPS) is 25.1. The summed E-state index contributed by atoms with van der Waals surface area (Å²) >= 11 is 1.75. The van der Waals surface area contributed by atoms with Crippen molar-refractivity contribution in [2.75, 3.05) is 19.6 Å². The van der Waals surface area contributed by atoms with Gasteiger partial charge in [-0.3, -0.25) is 0 Å². The van der Waals surface area contributed by atoms with Gasteiger partial charge in [0, 0.05) is 30.7 Å². The first-order valence-corrected chi connectivity index (χ1v) is 7.44. The van der Waals surface area contributed by atoms with Gasteiger partial charge in [0.15, 0.2) is 0 Å². The fourth-order valence-corrected chi connectivity index (χ4v) is 3.27. The molecule has 0 aromatic carbocycles. The zero-order chi connectivity index (χ0) is 12.1. The maximum absolute atomic E-state index is 4.48. The molecular formula is C13H23N3S. The highest BCUT2D eigenvalue weighted by Crippen LogP contribution is 2.29. The molecule has 2 rings (SSSR count). The summed E-state index contributed by atoms with van der Waals surface area (Å²) in [5, 5.41) is 10.4. The smallest absolute Gasteiger partial charge is 0.107 e. The van der Waals surface area contributed by atoms with E-state index in [1.165, 1.54) is 30.8 Å². The maximum atomic E-state index is 4.48. The van der Waals surface area contributed by atoms with E-state index in [1.807, 2.05) is 0 Å². The van der Waals surface area contributed by atoms with Crippen LogP contribution < -0.4 is 10.6 Å². The van der Waals surface area contributed by atoms with Crippen LogP contribution in [0.15, 0.2) is 5.38 Å². The molecule has 1 unspecified atom stereocenters. The SMILES string of the molecule is CCC1(CNCc2nc(C)cs2)CCCNC1. The van der Waals surface area contributed by atoms with Crippen LogP contribution in [0.4, 0.5) is 0 Å². The molecule has 0 aliphatic carbocycles. The van der Waals surface area contributed by atoms with E-state index in [0.29, 0.717) is 5.41 Å². The van der Waals surface area contributed by atoms with Crippen molar-refractivity contribution in [2.45, 2.75) is 39.7 Å². The van der Waals surface area contributed by atoms with Crippen molar-refractivity contribution < 1.29 is 0 Å². The first kappa shape index (κ1) is 13.0. The molecule has 1 aromatic heterocycles. The molecule has 0 saturated carbocycles. The topological polar surface area (TPSA) is 37.0 Å². The number of hydrogen-bond acceptors (Lipinski definition) is 4. The zero-order valence-electron chi connectivity index (χ0n) is 10.9. The van der Waals surface area contributed by atoms with Gasteiger partial charge in [0.25, 0.3) is 0 Å². The molecule has 2 heterocycles. The Bertz CT molecular complexity index is 342. The summed E-state index contributed by atoms with van der Waals surface area (Å²) in [7, 11) is 0. The number of thiazole rings is 1. The van der Waals surface area contributed by atoms with Crippen LogP contribution in [-0.2, 0) is 6.54 Å². The highest BCUT2D eigenvalue weighted by atomic mass is 32.1.